The van der Waals surface area contributed by atoms with E-state index in [9.17, 15) is 4.79 Å². The van der Waals surface area contributed by atoms with E-state index in [0.29, 0.717) is 0 Å². The fraction of sp³-hybridized carbons (Fsp3) is 0.417. The minimum atomic E-state index is -0.861. The lowest BCUT2D eigenvalue weighted by Gasteiger charge is -2.09. The SMILES string of the molecule is CCCc1ccc(C(N)CC(=O)O)cc1. The highest BCUT2D eigenvalue weighted by molar-refractivity contribution is 5.67. The highest BCUT2D eigenvalue weighted by Gasteiger charge is 2.09. The van der Waals surface area contributed by atoms with Gasteiger partial charge in [0.2, 0.25) is 0 Å². The maximum absolute atomic E-state index is 10.5. The predicted molar refractivity (Wildman–Crippen MR) is 59.6 cm³/mol. The summed E-state index contributed by atoms with van der Waals surface area (Å²) in [5, 5.41) is 8.60. The summed E-state index contributed by atoms with van der Waals surface area (Å²) in [6, 6.07) is 7.45. The molecule has 3 heteroatoms. The first-order chi connectivity index (χ1) is 7.13. The molecule has 0 saturated heterocycles. The lowest BCUT2D eigenvalue weighted by atomic mass is 10.0. The van der Waals surface area contributed by atoms with Gasteiger partial charge in [-0.1, -0.05) is 37.6 Å². The van der Waals surface area contributed by atoms with E-state index in [1.807, 2.05) is 24.3 Å². The zero-order chi connectivity index (χ0) is 11.3. The van der Waals surface area contributed by atoms with Gasteiger partial charge in [0.1, 0.15) is 0 Å². The summed E-state index contributed by atoms with van der Waals surface area (Å²) in [6.07, 6.45) is 2.14. The van der Waals surface area contributed by atoms with Gasteiger partial charge in [0.25, 0.3) is 0 Å². The molecule has 15 heavy (non-hydrogen) atoms. The molecular weight excluding hydrogens is 190 g/mol. The van der Waals surface area contributed by atoms with E-state index in [0.717, 1.165) is 18.4 Å². The van der Waals surface area contributed by atoms with E-state index < -0.39 is 12.0 Å². The van der Waals surface area contributed by atoms with Gasteiger partial charge in [0, 0.05) is 6.04 Å². The second-order valence-corrected chi connectivity index (χ2v) is 3.70. The molecule has 1 aromatic rings. The third-order valence-corrected chi connectivity index (χ3v) is 2.34. The highest BCUT2D eigenvalue weighted by atomic mass is 16.4. The summed E-state index contributed by atoms with van der Waals surface area (Å²) >= 11 is 0. The zero-order valence-corrected chi connectivity index (χ0v) is 8.94. The van der Waals surface area contributed by atoms with Crippen LogP contribution in [0.15, 0.2) is 24.3 Å². The summed E-state index contributed by atoms with van der Waals surface area (Å²) in [5.41, 5.74) is 7.89. The quantitative estimate of drug-likeness (QED) is 0.777. The molecule has 0 amide bonds. The Morgan fingerprint density at radius 3 is 2.47 bits per heavy atom. The largest absolute Gasteiger partial charge is 0.481 e. The number of hydrogen-bond acceptors (Lipinski definition) is 2. The van der Waals surface area contributed by atoms with Crippen molar-refractivity contribution in [3.8, 4) is 0 Å². The molecule has 1 rings (SSSR count). The Balaban J connectivity index is 2.66. The van der Waals surface area contributed by atoms with Crippen LogP contribution in [-0.2, 0) is 11.2 Å². The molecule has 3 nitrogen and oxygen atoms in total. The van der Waals surface area contributed by atoms with Crippen molar-refractivity contribution in [2.45, 2.75) is 32.2 Å². The first-order valence-corrected chi connectivity index (χ1v) is 5.19. The second-order valence-electron chi connectivity index (χ2n) is 3.70. The number of carboxylic acid groups (broad SMARTS) is 1. The minimum absolute atomic E-state index is 0.0207. The van der Waals surface area contributed by atoms with Crippen LogP contribution >= 0.6 is 0 Å². The number of rotatable bonds is 5. The third-order valence-electron chi connectivity index (χ3n) is 2.34. The van der Waals surface area contributed by atoms with E-state index in [2.05, 4.69) is 6.92 Å². The molecule has 0 aliphatic heterocycles. The van der Waals surface area contributed by atoms with Gasteiger partial charge < -0.3 is 10.8 Å². The molecule has 3 N–H and O–H groups in total. The van der Waals surface area contributed by atoms with Gasteiger partial charge in [0.15, 0.2) is 0 Å². The van der Waals surface area contributed by atoms with Crippen LogP contribution in [0.3, 0.4) is 0 Å². The van der Waals surface area contributed by atoms with Crippen LogP contribution in [0.5, 0.6) is 0 Å². The maximum Gasteiger partial charge on any atom is 0.305 e. The number of hydrogen-bond donors (Lipinski definition) is 2. The lowest BCUT2D eigenvalue weighted by molar-refractivity contribution is -0.137. The van der Waals surface area contributed by atoms with Gasteiger partial charge >= 0.3 is 5.97 Å². The van der Waals surface area contributed by atoms with Crippen LogP contribution in [0.4, 0.5) is 0 Å². The summed E-state index contributed by atoms with van der Waals surface area (Å²) in [4.78, 5) is 10.5. The van der Waals surface area contributed by atoms with E-state index >= 15 is 0 Å². The molecule has 0 saturated carbocycles. The van der Waals surface area contributed by atoms with E-state index in [4.69, 9.17) is 10.8 Å². The molecule has 0 spiro atoms. The molecule has 1 aromatic carbocycles. The predicted octanol–water partition coefficient (Wildman–Crippen LogP) is 2.11. The zero-order valence-electron chi connectivity index (χ0n) is 8.94. The van der Waals surface area contributed by atoms with Crippen molar-refractivity contribution < 1.29 is 9.90 Å². The second kappa shape index (κ2) is 5.51. The number of benzene rings is 1. The number of carbonyl (C=O) groups is 1. The molecule has 0 fully saturated rings. The van der Waals surface area contributed by atoms with Crippen LogP contribution in [0.25, 0.3) is 0 Å². The Kier molecular flexibility index (Phi) is 4.31. The van der Waals surface area contributed by atoms with Crippen molar-refractivity contribution in [3.05, 3.63) is 35.4 Å². The van der Waals surface area contributed by atoms with Gasteiger partial charge in [0.05, 0.1) is 6.42 Å². The van der Waals surface area contributed by atoms with Crippen LogP contribution in [0.2, 0.25) is 0 Å². The van der Waals surface area contributed by atoms with Crippen LogP contribution < -0.4 is 5.73 Å². The number of nitrogens with two attached hydrogens (primary N) is 1. The molecule has 0 heterocycles. The minimum Gasteiger partial charge on any atom is -0.481 e. The normalized spacial score (nSPS) is 12.4. The molecule has 1 unspecified atom stereocenters. The van der Waals surface area contributed by atoms with Crippen molar-refractivity contribution in [2.75, 3.05) is 0 Å². The maximum atomic E-state index is 10.5. The number of carboxylic acids is 1. The van der Waals surface area contributed by atoms with Crippen molar-refractivity contribution in [1.29, 1.82) is 0 Å². The van der Waals surface area contributed by atoms with Gasteiger partial charge in [-0.2, -0.15) is 0 Å². The molecule has 0 aliphatic rings. The van der Waals surface area contributed by atoms with Crippen LogP contribution in [0.1, 0.15) is 36.9 Å². The molecule has 1 atom stereocenters. The Bertz CT molecular complexity index is 319. The average Bonchev–Trinajstić information content (AvgIpc) is 2.18. The van der Waals surface area contributed by atoms with E-state index in [1.165, 1.54) is 5.56 Å². The monoisotopic (exact) mass is 207 g/mol. The summed E-state index contributed by atoms with van der Waals surface area (Å²) in [7, 11) is 0. The Morgan fingerprint density at radius 2 is 2.00 bits per heavy atom. The van der Waals surface area contributed by atoms with Gasteiger partial charge in [-0.05, 0) is 17.5 Å². The standard InChI is InChI=1S/C12H17NO2/c1-2-3-9-4-6-10(7-5-9)11(13)8-12(14)15/h4-7,11H,2-3,8,13H2,1H3,(H,14,15). The topological polar surface area (TPSA) is 63.3 Å². The fourth-order valence-electron chi connectivity index (χ4n) is 1.53. The molecule has 0 radical (unpaired) electrons. The van der Waals surface area contributed by atoms with Gasteiger partial charge in [-0.3, -0.25) is 4.79 Å². The highest BCUT2D eigenvalue weighted by Crippen LogP contribution is 2.15. The Hall–Kier alpha value is -1.35. The number of aliphatic carboxylic acids is 1. The average molecular weight is 207 g/mol. The van der Waals surface area contributed by atoms with E-state index in [1.54, 1.807) is 0 Å². The molecule has 0 aliphatic carbocycles. The van der Waals surface area contributed by atoms with Gasteiger partial charge in [-0.25, -0.2) is 0 Å². The van der Waals surface area contributed by atoms with E-state index in [-0.39, 0.29) is 6.42 Å². The molecule has 0 bridgehead atoms. The van der Waals surface area contributed by atoms with Crippen LogP contribution in [-0.4, -0.2) is 11.1 Å². The Morgan fingerprint density at radius 1 is 1.40 bits per heavy atom. The molecular formula is C12H17NO2. The summed E-state index contributed by atoms with van der Waals surface area (Å²) < 4.78 is 0. The third kappa shape index (κ3) is 3.72. The van der Waals surface area contributed by atoms with Crippen LogP contribution in [0, 0.1) is 0 Å². The van der Waals surface area contributed by atoms with Crippen molar-refractivity contribution in [2.24, 2.45) is 5.73 Å². The summed E-state index contributed by atoms with van der Waals surface area (Å²) in [5.74, 6) is -0.861. The smallest absolute Gasteiger partial charge is 0.305 e. The fourth-order valence-corrected chi connectivity index (χ4v) is 1.53. The molecule has 0 aromatic heterocycles. The summed E-state index contributed by atoms with van der Waals surface area (Å²) in [6.45, 7) is 2.13. The number of aryl methyl sites for hydroxylation is 1. The first kappa shape index (κ1) is 11.7. The Labute approximate surface area is 89.9 Å². The molecule has 82 valence electrons. The first-order valence-electron chi connectivity index (χ1n) is 5.19. The van der Waals surface area contributed by atoms with Crippen molar-refractivity contribution >= 4 is 5.97 Å². The van der Waals surface area contributed by atoms with Crippen molar-refractivity contribution in [3.63, 3.8) is 0 Å². The van der Waals surface area contributed by atoms with Gasteiger partial charge in [-0.15, -0.1) is 0 Å². The van der Waals surface area contributed by atoms with Crippen molar-refractivity contribution in [1.82, 2.24) is 0 Å². The lowest BCUT2D eigenvalue weighted by Crippen LogP contribution is -2.14.